The number of thiophene rings is 2. The molecule has 0 aliphatic heterocycles. The van der Waals surface area contributed by atoms with Crippen molar-refractivity contribution in [1.82, 2.24) is 0 Å². The van der Waals surface area contributed by atoms with Crippen LogP contribution < -0.4 is 0 Å². The van der Waals surface area contributed by atoms with Gasteiger partial charge in [0.1, 0.15) is 0 Å². The summed E-state index contributed by atoms with van der Waals surface area (Å²) in [5.74, 6) is -0.479. The molecule has 0 aromatic carbocycles. The van der Waals surface area contributed by atoms with Crippen LogP contribution in [0.3, 0.4) is 0 Å². The Bertz CT molecular complexity index is 529. The van der Waals surface area contributed by atoms with E-state index in [0.29, 0.717) is 17.7 Å². The van der Waals surface area contributed by atoms with E-state index in [-0.39, 0.29) is 11.8 Å². The predicted molar refractivity (Wildman–Crippen MR) is 76.7 cm³/mol. The fourth-order valence-corrected chi connectivity index (χ4v) is 3.06. The molecule has 0 fully saturated rings. The lowest BCUT2D eigenvalue weighted by atomic mass is 10.1. The van der Waals surface area contributed by atoms with Gasteiger partial charge in [-0.3, -0.25) is 9.59 Å². The van der Waals surface area contributed by atoms with Gasteiger partial charge in [-0.25, -0.2) is 0 Å². The molecule has 0 unspecified atom stereocenters. The number of rotatable bonds is 6. The van der Waals surface area contributed by atoms with E-state index in [1.54, 1.807) is 6.07 Å². The summed E-state index contributed by atoms with van der Waals surface area (Å²) < 4.78 is 5.35. The van der Waals surface area contributed by atoms with E-state index < -0.39 is 6.10 Å². The number of esters is 1. The summed E-state index contributed by atoms with van der Waals surface area (Å²) in [5.41, 5.74) is 0. The zero-order valence-corrected chi connectivity index (χ0v) is 12.1. The number of hydrogen-bond acceptors (Lipinski definition) is 5. The molecule has 1 atom stereocenters. The molecule has 0 radical (unpaired) electrons. The smallest absolute Gasteiger partial charge is 0.306 e. The average Bonchev–Trinajstić information content (AvgIpc) is 3.07. The standard InChI is InChI=1S/C14H14O3S2/c1-2-5-12(15)17-14(11-7-4-9-19-11)13(16)10-6-3-8-18-10/h3-4,6-9,14H,2,5H2,1H3/t14-/m1/s1. The first-order valence-corrected chi connectivity index (χ1v) is 7.79. The van der Waals surface area contributed by atoms with E-state index in [4.69, 9.17) is 4.74 Å². The molecule has 3 nitrogen and oxygen atoms in total. The third kappa shape index (κ3) is 3.52. The molecule has 2 heterocycles. The van der Waals surface area contributed by atoms with Crippen LogP contribution >= 0.6 is 22.7 Å². The van der Waals surface area contributed by atoms with Gasteiger partial charge in [-0.15, -0.1) is 22.7 Å². The van der Waals surface area contributed by atoms with Crippen LogP contribution in [-0.2, 0) is 9.53 Å². The minimum absolute atomic E-state index is 0.151. The largest absolute Gasteiger partial charge is 0.448 e. The highest BCUT2D eigenvalue weighted by Gasteiger charge is 2.27. The highest BCUT2D eigenvalue weighted by atomic mass is 32.1. The fourth-order valence-electron chi connectivity index (χ4n) is 1.62. The second kappa shape index (κ2) is 6.63. The molecule has 100 valence electrons. The molecule has 2 aromatic heterocycles. The van der Waals surface area contributed by atoms with Crippen molar-refractivity contribution in [2.45, 2.75) is 25.9 Å². The molecular weight excluding hydrogens is 280 g/mol. The Morgan fingerprint density at radius 1 is 1.21 bits per heavy atom. The van der Waals surface area contributed by atoms with Crippen LogP contribution in [0.5, 0.6) is 0 Å². The monoisotopic (exact) mass is 294 g/mol. The Labute approximate surface area is 119 Å². The average molecular weight is 294 g/mol. The summed E-state index contributed by atoms with van der Waals surface area (Å²) in [6.45, 7) is 1.91. The third-order valence-corrected chi connectivity index (χ3v) is 4.31. The summed E-state index contributed by atoms with van der Waals surface area (Å²) in [4.78, 5) is 25.4. The molecule has 2 aromatic rings. The molecule has 0 aliphatic carbocycles. The molecule has 0 N–H and O–H groups in total. The second-order valence-corrected chi connectivity index (χ2v) is 5.90. The zero-order chi connectivity index (χ0) is 13.7. The lowest BCUT2D eigenvalue weighted by Crippen LogP contribution is -2.18. The van der Waals surface area contributed by atoms with Crippen molar-refractivity contribution in [3.05, 3.63) is 44.8 Å². The van der Waals surface area contributed by atoms with Crippen molar-refractivity contribution in [1.29, 1.82) is 0 Å². The van der Waals surface area contributed by atoms with Gasteiger partial charge in [0.05, 0.1) is 9.75 Å². The maximum atomic E-state index is 12.4. The van der Waals surface area contributed by atoms with E-state index in [1.165, 1.54) is 22.7 Å². The molecule has 2 rings (SSSR count). The van der Waals surface area contributed by atoms with Crippen molar-refractivity contribution in [2.24, 2.45) is 0 Å². The van der Waals surface area contributed by atoms with Crippen molar-refractivity contribution in [3.8, 4) is 0 Å². The Kier molecular flexibility index (Phi) is 4.87. The van der Waals surface area contributed by atoms with Crippen LogP contribution in [0.15, 0.2) is 35.0 Å². The molecular formula is C14H14O3S2. The maximum Gasteiger partial charge on any atom is 0.306 e. The van der Waals surface area contributed by atoms with E-state index >= 15 is 0 Å². The van der Waals surface area contributed by atoms with Crippen LogP contribution in [0, 0.1) is 0 Å². The molecule has 5 heteroatoms. The lowest BCUT2D eigenvalue weighted by molar-refractivity contribution is -0.147. The number of Topliss-reactive ketones (excluding diaryl/α,β-unsaturated/α-hetero) is 1. The number of carbonyl (C=O) groups excluding carboxylic acids is 2. The SMILES string of the molecule is CCCC(=O)O[C@@H](C(=O)c1cccs1)c1cccs1. The van der Waals surface area contributed by atoms with Crippen LogP contribution in [0.1, 0.15) is 40.4 Å². The highest BCUT2D eigenvalue weighted by Crippen LogP contribution is 2.28. The Balaban J connectivity index is 2.20. The van der Waals surface area contributed by atoms with E-state index in [0.717, 1.165) is 4.88 Å². The summed E-state index contributed by atoms with van der Waals surface area (Å²) >= 11 is 2.78. The van der Waals surface area contributed by atoms with Crippen LogP contribution in [0.25, 0.3) is 0 Å². The van der Waals surface area contributed by atoms with Gasteiger partial charge in [-0.2, -0.15) is 0 Å². The molecule has 0 aliphatic rings. The normalized spacial score (nSPS) is 12.1. The summed E-state index contributed by atoms with van der Waals surface area (Å²) in [7, 11) is 0. The lowest BCUT2D eigenvalue weighted by Gasteiger charge is -2.14. The first kappa shape index (κ1) is 14.0. The van der Waals surface area contributed by atoms with Crippen molar-refractivity contribution >= 4 is 34.4 Å². The van der Waals surface area contributed by atoms with Gasteiger partial charge in [0.2, 0.25) is 5.78 Å². The van der Waals surface area contributed by atoms with E-state index in [2.05, 4.69) is 0 Å². The van der Waals surface area contributed by atoms with Gasteiger partial charge in [0.15, 0.2) is 6.10 Å². The number of carbonyl (C=O) groups is 2. The molecule has 0 saturated heterocycles. The molecule has 19 heavy (non-hydrogen) atoms. The summed E-state index contributed by atoms with van der Waals surface area (Å²) in [6, 6.07) is 7.24. The van der Waals surface area contributed by atoms with Gasteiger partial charge in [0.25, 0.3) is 0 Å². The molecule has 0 saturated carbocycles. The van der Waals surface area contributed by atoms with Crippen LogP contribution in [0.2, 0.25) is 0 Å². The van der Waals surface area contributed by atoms with Gasteiger partial charge in [-0.05, 0) is 29.3 Å². The quantitative estimate of drug-likeness (QED) is 0.595. The topological polar surface area (TPSA) is 43.4 Å². The first-order valence-electron chi connectivity index (χ1n) is 6.03. The van der Waals surface area contributed by atoms with E-state index in [9.17, 15) is 9.59 Å². The Morgan fingerprint density at radius 2 is 1.95 bits per heavy atom. The van der Waals surface area contributed by atoms with Gasteiger partial charge in [-0.1, -0.05) is 19.1 Å². The molecule has 0 spiro atoms. The van der Waals surface area contributed by atoms with Crippen LogP contribution in [-0.4, -0.2) is 11.8 Å². The van der Waals surface area contributed by atoms with Gasteiger partial charge < -0.3 is 4.74 Å². The van der Waals surface area contributed by atoms with Gasteiger partial charge in [0, 0.05) is 6.42 Å². The number of hydrogen-bond donors (Lipinski definition) is 0. The highest BCUT2D eigenvalue weighted by molar-refractivity contribution is 7.12. The Hall–Kier alpha value is -1.46. The van der Waals surface area contributed by atoms with Crippen molar-refractivity contribution in [3.63, 3.8) is 0 Å². The van der Waals surface area contributed by atoms with Crippen LogP contribution in [0.4, 0.5) is 0 Å². The third-order valence-electron chi connectivity index (χ3n) is 2.51. The fraction of sp³-hybridized carbons (Fsp3) is 0.286. The second-order valence-electron chi connectivity index (χ2n) is 3.98. The van der Waals surface area contributed by atoms with E-state index in [1.807, 2.05) is 35.9 Å². The van der Waals surface area contributed by atoms with Crippen molar-refractivity contribution < 1.29 is 14.3 Å². The number of ketones is 1. The maximum absolute atomic E-state index is 12.4. The molecule has 0 bridgehead atoms. The predicted octanol–water partition coefficient (Wildman–Crippen LogP) is 4.08. The molecule has 0 amide bonds. The Morgan fingerprint density at radius 3 is 2.53 bits per heavy atom. The summed E-state index contributed by atoms with van der Waals surface area (Å²) in [5, 5.41) is 3.71. The first-order chi connectivity index (χ1) is 9.22. The summed E-state index contributed by atoms with van der Waals surface area (Å²) in [6.07, 6.45) is 0.237. The van der Waals surface area contributed by atoms with Crippen molar-refractivity contribution in [2.75, 3.05) is 0 Å². The minimum Gasteiger partial charge on any atom is -0.448 e. The minimum atomic E-state index is -0.808. The number of ether oxygens (including phenoxy) is 1. The zero-order valence-electron chi connectivity index (χ0n) is 10.5. The van der Waals surface area contributed by atoms with Gasteiger partial charge >= 0.3 is 5.97 Å².